The molecule has 118 valence electrons. The van der Waals surface area contributed by atoms with Gasteiger partial charge in [-0.2, -0.15) is 0 Å². The minimum Gasteiger partial charge on any atom is -0.312 e. The van der Waals surface area contributed by atoms with Crippen molar-refractivity contribution >= 4 is 0 Å². The Bertz CT molecular complexity index is 275. The average Bonchev–Trinajstić information content (AvgIpc) is 3.29. The summed E-state index contributed by atoms with van der Waals surface area (Å²) < 4.78 is 0. The molecule has 0 aromatic rings. The van der Waals surface area contributed by atoms with E-state index in [1.165, 1.54) is 51.7 Å². The van der Waals surface area contributed by atoms with Gasteiger partial charge in [0, 0.05) is 31.2 Å². The fourth-order valence-electron chi connectivity index (χ4n) is 3.53. The molecule has 0 radical (unpaired) electrons. The Balaban J connectivity index is 1.69. The van der Waals surface area contributed by atoms with Crippen LogP contribution in [-0.4, -0.2) is 61.2 Å². The fourth-order valence-corrected chi connectivity index (χ4v) is 3.53. The van der Waals surface area contributed by atoms with Gasteiger partial charge >= 0.3 is 0 Å². The van der Waals surface area contributed by atoms with E-state index in [-0.39, 0.29) is 0 Å². The molecule has 3 unspecified atom stereocenters. The molecule has 0 aromatic carbocycles. The molecule has 20 heavy (non-hydrogen) atoms. The Hall–Kier alpha value is -0.120. The standard InChI is InChI=1S/C17H35N3/c1-5-10-20-11-6-7-16(13-20)15(3)18-12-14(2)19(4)17-8-9-17/h14-18H,5-13H2,1-4H3. The number of nitrogens with zero attached hydrogens (tertiary/aromatic N) is 2. The van der Waals surface area contributed by atoms with Gasteiger partial charge in [0.25, 0.3) is 0 Å². The molecular formula is C17H35N3. The third-order valence-electron chi connectivity index (χ3n) is 5.34. The lowest BCUT2D eigenvalue weighted by Crippen LogP contribution is -2.48. The number of rotatable bonds is 8. The van der Waals surface area contributed by atoms with Gasteiger partial charge < -0.3 is 10.2 Å². The van der Waals surface area contributed by atoms with Gasteiger partial charge in [-0.25, -0.2) is 0 Å². The number of likely N-dealkylation sites (N-methyl/N-ethyl adjacent to an activating group) is 1. The lowest BCUT2D eigenvalue weighted by Gasteiger charge is -2.37. The van der Waals surface area contributed by atoms with Crippen LogP contribution in [0.25, 0.3) is 0 Å². The maximum absolute atomic E-state index is 3.81. The summed E-state index contributed by atoms with van der Waals surface area (Å²) in [6.45, 7) is 12.1. The maximum Gasteiger partial charge on any atom is 0.0192 e. The van der Waals surface area contributed by atoms with Crippen molar-refractivity contribution in [3.8, 4) is 0 Å². The largest absolute Gasteiger partial charge is 0.312 e. The molecule has 2 fully saturated rings. The third-order valence-corrected chi connectivity index (χ3v) is 5.34. The second-order valence-corrected chi connectivity index (χ2v) is 7.15. The summed E-state index contributed by atoms with van der Waals surface area (Å²) >= 11 is 0. The predicted molar refractivity (Wildman–Crippen MR) is 87.2 cm³/mol. The van der Waals surface area contributed by atoms with Gasteiger partial charge in [-0.1, -0.05) is 6.92 Å². The molecule has 2 aliphatic rings. The van der Waals surface area contributed by atoms with Crippen LogP contribution in [0.15, 0.2) is 0 Å². The summed E-state index contributed by atoms with van der Waals surface area (Å²) in [7, 11) is 2.29. The molecule has 1 saturated carbocycles. The molecule has 1 aliphatic heterocycles. The van der Waals surface area contributed by atoms with E-state index in [1.54, 1.807) is 0 Å². The molecule has 1 N–H and O–H groups in total. The molecule has 0 spiro atoms. The van der Waals surface area contributed by atoms with Crippen molar-refractivity contribution in [2.45, 2.75) is 71.0 Å². The first kappa shape index (κ1) is 16.3. The Morgan fingerprint density at radius 3 is 2.65 bits per heavy atom. The quantitative estimate of drug-likeness (QED) is 0.738. The number of hydrogen-bond acceptors (Lipinski definition) is 3. The lowest BCUT2D eigenvalue weighted by atomic mass is 9.91. The highest BCUT2D eigenvalue weighted by Gasteiger charge is 2.30. The van der Waals surface area contributed by atoms with Gasteiger partial charge in [0.1, 0.15) is 0 Å². The maximum atomic E-state index is 3.81. The van der Waals surface area contributed by atoms with Crippen LogP contribution >= 0.6 is 0 Å². The van der Waals surface area contributed by atoms with E-state index in [0.29, 0.717) is 12.1 Å². The molecule has 2 rings (SSSR count). The zero-order chi connectivity index (χ0) is 14.5. The molecule has 1 saturated heterocycles. The number of likely N-dealkylation sites (tertiary alicyclic amines) is 1. The first-order chi connectivity index (χ1) is 9.61. The molecule has 0 amide bonds. The van der Waals surface area contributed by atoms with Crippen molar-refractivity contribution in [3.63, 3.8) is 0 Å². The minimum absolute atomic E-state index is 0.657. The first-order valence-corrected chi connectivity index (χ1v) is 8.79. The zero-order valence-corrected chi connectivity index (χ0v) is 14.1. The summed E-state index contributed by atoms with van der Waals surface area (Å²) in [6, 6.07) is 2.20. The number of nitrogens with one attached hydrogen (secondary N) is 1. The van der Waals surface area contributed by atoms with Crippen molar-refractivity contribution in [3.05, 3.63) is 0 Å². The third kappa shape index (κ3) is 4.71. The van der Waals surface area contributed by atoms with Crippen LogP contribution in [0.5, 0.6) is 0 Å². The van der Waals surface area contributed by atoms with Crippen molar-refractivity contribution in [2.75, 3.05) is 33.2 Å². The van der Waals surface area contributed by atoms with Crippen LogP contribution in [0.4, 0.5) is 0 Å². The van der Waals surface area contributed by atoms with E-state index in [2.05, 4.69) is 42.9 Å². The molecular weight excluding hydrogens is 246 g/mol. The van der Waals surface area contributed by atoms with Crippen molar-refractivity contribution in [1.29, 1.82) is 0 Å². The predicted octanol–water partition coefficient (Wildman–Crippen LogP) is 2.57. The van der Waals surface area contributed by atoms with E-state index < -0.39 is 0 Å². The normalized spacial score (nSPS) is 27.8. The molecule has 1 heterocycles. The Morgan fingerprint density at radius 2 is 2.00 bits per heavy atom. The first-order valence-electron chi connectivity index (χ1n) is 8.79. The summed E-state index contributed by atoms with van der Waals surface area (Å²) in [5.74, 6) is 0.841. The highest BCUT2D eigenvalue weighted by Crippen LogP contribution is 2.27. The summed E-state index contributed by atoms with van der Waals surface area (Å²) in [5.41, 5.74) is 0. The number of piperidine rings is 1. The molecule has 1 aliphatic carbocycles. The van der Waals surface area contributed by atoms with Gasteiger partial charge in [-0.3, -0.25) is 4.90 Å². The van der Waals surface area contributed by atoms with Crippen LogP contribution in [0, 0.1) is 5.92 Å². The monoisotopic (exact) mass is 281 g/mol. The summed E-state index contributed by atoms with van der Waals surface area (Å²) in [5, 5.41) is 3.81. The summed E-state index contributed by atoms with van der Waals surface area (Å²) in [4.78, 5) is 5.22. The van der Waals surface area contributed by atoms with Crippen molar-refractivity contribution in [1.82, 2.24) is 15.1 Å². The summed E-state index contributed by atoms with van der Waals surface area (Å²) in [6.07, 6.45) is 6.89. The van der Waals surface area contributed by atoms with E-state index in [1.807, 2.05) is 0 Å². The molecule has 3 nitrogen and oxygen atoms in total. The van der Waals surface area contributed by atoms with Crippen LogP contribution in [0.2, 0.25) is 0 Å². The van der Waals surface area contributed by atoms with Crippen LogP contribution < -0.4 is 5.32 Å². The van der Waals surface area contributed by atoms with Crippen molar-refractivity contribution in [2.24, 2.45) is 5.92 Å². The van der Waals surface area contributed by atoms with Gasteiger partial charge in [-0.15, -0.1) is 0 Å². The van der Waals surface area contributed by atoms with Crippen molar-refractivity contribution < 1.29 is 0 Å². The Labute approximate surface area is 126 Å². The molecule has 3 heteroatoms. The average molecular weight is 281 g/mol. The van der Waals surface area contributed by atoms with Gasteiger partial charge in [0.05, 0.1) is 0 Å². The van der Waals surface area contributed by atoms with Gasteiger partial charge in [0.15, 0.2) is 0 Å². The second kappa shape index (κ2) is 7.77. The highest BCUT2D eigenvalue weighted by atomic mass is 15.2. The smallest absolute Gasteiger partial charge is 0.0192 e. The SMILES string of the molecule is CCCN1CCCC(C(C)NCC(C)N(C)C2CC2)C1. The molecule has 0 bridgehead atoms. The van der Waals surface area contributed by atoms with Gasteiger partial charge in [0.2, 0.25) is 0 Å². The van der Waals surface area contributed by atoms with Crippen LogP contribution in [-0.2, 0) is 0 Å². The van der Waals surface area contributed by atoms with E-state index in [9.17, 15) is 0 Å². The fraction of sp³-hybridized carbons (Fsp3) is 1.00. The topological polar surface area (TPSA) is 18.5 Å². The van der Waals surface area contributed by atoms with E-state index in [4.69, 9.17) is 0 Å². The molecule has 0 aromatic heterocycles. The Morgan fingerprint density at radius 1 is 1.25 bits per heavy atom. The van der Waals surface area contributed by atoms with E-state index >= 15 is 0 Å². The minimum atomic E-state index is 0.657. The molecule has 3 atom stereocenters. The van der Waals surface area contributed by atoms with E-state index in [0.717, 1.165) is 18.5 Å². The van der Waals surface area contributed by atoms with Gasteiger partial charge in [-0.05, 0) is 72.0 Å². The Kier molecular flexibility index (Phi) is 6.31. The number of hydrogen-bond donors (Lipinski definition) is 1. The van der Waals surface area contributed by atoms with Crippen LogP contribution in [0.1, 0.15) is 52.9 Å². The zero-order valence-electron chi connectivity index (χ0n) is 14.1. The van der Waals surface area contributed by atoms with Crippen LogP contribution in [0.3, 0.4) is 0 Å². The second-order valence-electron chi connectivity index (χ2n) is 7.15. The lowest BCUT2D eigenvalue weighted by molar-refractivity contribution is 0.145. The highest BCUT2D eigenvalue weighted by molar-refractivity contribution is 4.87.